The van der Waals surface area contributed by atoms with Gasteiger partial charge in [-0.2, -0.15) is 0 Å². The fourth-order valence-electron chi connectivity index (χ4n) is 2.67. The zero-order valence-electron chi connectivity index (χ0n) is 17.1. The molecule has 154 valence electrons. The fourth-order valence-corrected chi connectivity index (χ4v) is 2.67. The van der Waals surface area contributed by atoms with Crippen LogP contribution >= 0.6 is 0 Å². The molecule has 1 aromatic carbocycles. The van der Waals surface area contributed by atoms with E-state index in [4.69, 9.17) is 4.74 Å². The second kappa shape index (κ2) is 9.01. The summed E-state index contributed by atoms with van der Waals surface area (Å²) < 4.78 is 5.61. The molecule has 1 rings (SSSR count). The lowest BCUT2D eigenvalue weighted by Gasteiger charge is -2.40. The molecule has 0 radical (unpaired) electrons. The number of carboxylic acid groups (broad SMARTS) is 1. The molecular weight excluding hydrogens is 362 g/mol. The summed E-state index contributed by atoms with van der Waals surface area (Å²) in [6, 6.07) is 6.24. The number of amides is 1. The van der Waals surface area contributed by atoms with E-state index in [2.05, 4.69) is 6.58 Å². The lowest BCUT2D eigenvalue weighted by molar-refractivity contribution is -0.160. The third-order valence-electron chi connectivity index (χ3n) is 4.81. The summed E-state index contributed by atoms with van der Waals surface area (Å²) in [5.41, 5.74) is -2.52. The van der Waals surface area contributed by atoms with Crippen LogP contribution in [0.2, 0.25) is 0 Å². The van der Waals surface area contributed by atoms with E-state index >= 15 is 0 Å². The molecule has 0 fully saturated rings. The number of benzene rings is 1. The average Bonchev–Trinajstić information content (AvgIpc) is 2.62. The number of hydrogen-bond donors (Lipinski definition) is 2. The number of Topliss-reactive ketones (excluding diaryl/α,β-unsaturated/α-hetero) is 1. The number of rotatable bonds is 10. The van der Waals surface area contributed by atoms with Gasteiger partial charge in [0.15, 0.2) is 5.78 Å². The number of aliphatic carboxylic acids is 1. The number of ether oxygens (including phenoxy) is 1. The Bertz CT molecular complexity index is 732. The molecular formula is C21H29NO6. The Kier molecular flexibility index (Phi) is 7.52. The minimum absolute atomic E-state index is 0.0518. The average molecular weight is 391 g/mol. The maximum Gasteiger partial charge on any atom is 0.329 e. The number of carbonyl (C=O) groups is 3. The van der Waals surface area contributed by atoms with Crippen molar-refractivity contribution in [1.82, 2.24) is 4.90 Å². The normalized spacial score (nSPS) is 13.5. The van der Waals surface area contributed by atoms with Gasteiger partial charge in [0.25, 0.3) is 0 Å². The van der Waals surface area contributed by atoms with Crippen molar-refractivity contribution in [2.24, 2.45) is 5.92 Å². The van der Waals surface area contributed by atoms with Crippen LogP contribution in [0.15, 0.2) is 36.9 Å². The summed E-state index contributed by atoms with van der Waals surface area (Å²) in [6.07, 6.45) is 1.08. The van der Waals surface area contributed by atoms with Crippen molar-refractivity contribution in [3.8, 4) is 5.75 Å². The van der Waals surface area contributed by atoms with Crippen molar-refractivity contribution in [3.05, 3.63) is 42.5 Å². The molecule has 7 nitrogen and oxygen atoms in total. The van der Waals surface area contributed by atoms with Gasteiger partial charge >= 0.3 is 5.97 Å². The molecule has 0 aromatic heterocycles. The van der Waals surface area contributed by atoms with E-state index in [9.17, 15) is 24.6 Å². The lowest BCUT2D eigenvalue weighted by Crippen LogP contribution is -2.59. The Labute approximate surface area is 165 Å². The largest absolute Gasteiger partial charge is 0.492 e. The minimum Gasteiger partial charge on any atom is -0.492 e. The second-order valence-corrected chi connectivity index (χ2v) is 7.56. The van der Waals surface area contributed by atoms with Gasteiger partial charge in [-0.1, -0.05) is 20.4 Å². The summed E-state index contributed by atoms with van der Waals surface area (Å²) in [6.45, 7) is 11.4. The quantitative estimate of drug-likeness (QED) is 0.469. The first-order valence-corrected chi connectivity index (χ1v) is 9.03. The lowest BCUT2D eigenvalue weighted by atomic mass is 9.86. The standard InChI is InChI=1S/C21H29NO6/c1-7-17(23)22(21(6,14(2)3)19(25)26)12-13-28-16-10-8-15(9-11-16)18(24)20(4,5)27/h7-11,14,27H,1,12-13H2,2-6H3,(H,25,26)/t21-/m0/s1. The summed E-state index contributed by atoms with van der Waals surface area (Å²) in [5.74, 6) is -1.88. The van der Waals surface area contributed by atoms with Crippen LogP contribution in [0.4, 0.5) is 0 Å². The second-order valence-electron chi connectivity index (χ2n) is 7.56. The van der Waals surface area contributed by atoms with E-state index in [1.807, 2.05) is 0 Å². The predicted octanol–water partition coefficient (Wildman–Crippen LogP) is 2.53. The molecule has 0 bridgehead atoms. The van der Waals surface area contributed by atoms with Gasteiger partial charge in [-0.3, -0.25) is 9.59 Å². The molecule has 2 N–H and O–H groups in total. The van der Waals surface area contributed by atoms with Crippen molar-refractivity contribution < 1.29 is 29.3 Å². The third kappa shape index (κ3) is 5.19. The molecule has 0 spiro atoms. The Morgan fingerprint density at radius 2 is 1.71 bits per heavy atom. The van der Waals surface area contributed by atoms with Gasteiger partial charge in [0.05, 0.1) is 6.54 Å². The maximum absolute atomic E-state index is 12.3. The van der Waals surface area contributed by atoms with Crippen LogP contribution in [0, 0.1) is 5.92 Å². The molecule has 1 atom stereocenters. The zero-order chi connectivity index (χ0) is 21.7. The summed E-state index contributed by atoms with van der Waals surface area (Å²) in [5, 5.41) is 19.4. The first-order chi connectivity index (χ1) is 12.9. The number of carboxylic acids is 1. The molecule has 0 heterocycles. The van der Waals surface area contributed by atoms with Crippen molar-refractivity contribution in [3.63, 3.8) is 0 Å². The first-order valence-electron chi connectivity index (χ1n) is 9.03. The molecule has 1 amide bonds. The number of nitrogens with zero attached hydrogens (tertiary/aromatic N) is 1. The molecule has 0 aliphatic heterocycles. The van der Waals surface area contributed by atoms with Crippen LogP contribution in [0.3, 0.4) is 0 Å². The van der Waals surface area contributed by atoms with Gasteiger partial charge in [-0.25, -0.2) is 4.79 Å². The fraction of sp³-hybridized carbons (Fsp3) is 0.476. The van der Waals surface area contributed by atoms with Crippen LogP contribution < -0.4 is 4.74 Å². The number of hydrogen-bond acceptors (Lipinski definition) is 5. The molecule has 28 heavy (non-hydrogen) atoms. The summed E-state index contributed by atoms with van der Waals surface area (Å²) in [7, 11) is 0. The highest BCUT2D eigenvalue weighted by atomic mass is 16.5. The van der Waals surface area contributed by atoms with E-state index in [1.165, 1.54) is 37.8 Å². The zero-order valence-corrected chi connectivity index (χ0v) is 17.1. The van der Waals surface area contributed by atoms with E-state index in [0.717, 1.165) is 6.08 Å². The molecule has 0 unspecified atom stereocenters. The third-order valence-corrected chi connectivity index (χ3v) is 4.81. The highest BCUT2D eigenvalue weighted by molar-refractivity contribution is 6.01. The molecule has 0 saturated heterocycles. The summed E-state index contributed by atoms with van der Waals surface area (Å²) in [4.78, 5) is 37.3. The Morgan fingerprint density at radius 3 is 2.11 bits per heavy atom. The van der Waals surface area contributed by atoms with Gasteiger partial charge in [0.1, 0.15) is 23.5 Å². The van der Waals surface area contributed by atoms with E-state index in [-0.39, 0.29) is 19.1 Å². The van der Waals surface area contributed by atoms with Gasteiger partial charge in [0.2, 0.25) is 5.91 Å². The van der Waals surface area contributed by atoms with E-state index in [0.29, 0.717) is 11.3 Å². The van der Waals surface area contributed by atoms with Crippen molar-refractivity contribution in [1.29, 1.82) is 0 Å². The number of carbonyl (C=O) groups excluding carboxylic acids is 2. The Balaban J connectivity index is 2.88. The highest BCUT2D eigenvalue weighted by Gasteiger charge is 2.44. The molecule has 7 heteroatoms. The molecule has 0 saturated carbocycles. The molecule has 0 aliphatic rings. The van der Waals surface area contributed by atoms with Crippen LogP contribution in [-0.2, 0) is 9.59 Å². The first kappa shape index (κ1) is 23.4. The predicted molar refractivity (Wildman–Crippen MR) is 105 cm³/mol. The van der Waals surface area contributed by atoms with Gasteiger partial charge in [-0.15, -0.1) is 0 Å². The van der Waals surface area contributed by atoms with Gasteiger partial charge in [-0.05, 0) is 57.0 Å². The van der Waals surface area contributed by atoms with Gasteiger partial charge < -0.3 is 19.8 Å². The topological polar surface area (TPSA) is 104 Å². The van der Waals surface area contributed by atoms with Crippen LogP contribution in [0.25, 0.3) is 0 Å². The van der Waals surface area contributed by atoms with Crippen LogP contribution in [-0.4, -0.2) is 57.1 Å². The number of ketones is 1. The van der Waals surface area contributed by atoms with Crippen LogP contribution in [0.1, 0.15) is 45.0 Å². The summed E-state index contributed by atoms with van der Waals surface area (Å²) >= 11 is 0. The smallest absolute Gasteiger partial charge is 0.329 e. The maximum atomic E-state index is 12.3. The SMILES string of the molecule is C=CC(=O)N(CCOc1ccc(C(=O)C(C)(C)O)cc1)[C@](C)(C(=O)O)C(C)C. The Morgan fingerprint density at radius 1 is 1.18 bits per heavy atom. The highest BCUT2D eigenvalue weighted by Crippen LogP contribution is 2.26. The number of aliphatic hydroxyl groups is 1. The van der Waals surface area contributed by atoms with Gasteiger partial charge in [0, 0.05) is 5.56 Å². The monoisotopic (exact) mass is 391 g/mol. The Hall–Kier alpha value is -2.67. The molecule has 1 aromatic rings. The van der Waals surface area contributed by atoms with E-state index < -0.39 is 28.8 Å². The molecule has 0 aliphatic carbocycles. The van der Waals surface area contributed by atoms with E-state index in [1.54, 1.807) is 26.0 Å². The van der Waals surface area contributed by atoms with Crippen molar-refractivity contribution in [2.75, 3.05) is 13.2 Å². The van der Waals surface area contributed by atoms with Crippen molar-refractivity contribution in [2.45, 2.75) is 45.8 Å². The van der Waals surface area contributed by atoms with Crippen molar-refractivity contribution >= 4 is 17.7 Å². The van der Waals surface area contributed by atoms with Crippen LogP contribution in [0.5, 0.6) is 5.75 Å². The minimum atomic E-state index is -1.47.